The first-order chi connectivity index (χ1) is 11.9. The van der Waals surface area contributed by atoms with Crippen LogP contribution in [0.3, 0.4) is 0 Å². The third kappa shape index (κ3) is 3.32. The summed E-state index contributed by atoms with van der Waals surface area (Å²) in [7, 11) is 0. The summed E-state index contributed by atoms with van der Waals surface area (Å²) in [4.78, 5) is 23.1. The van der Waals surface area contributed by atoms with E-state index in [1.54, 1.807) is 0 Å². The number of hydrogen-bond donors (Lipinski definition) is 5. The molecule has 0 spiro atoms. The van der Waals surface area contributed by atoms with Crippen LogP contribution >= 0.6 is 0 Å². The monoisotopic (exact) mass is 417 g/mol. The molecular formula is C13H17N6O5Se. The van der Waals surface area contributed by atoms with Gasteiger partial charge in [0, 0.05) is 0 Å². The number of nitrogen functional groups attached to an aromatic ring is 1. The molecule has 11 nitrogen and oxygen atoms in total. The van der Waals surface area contributed by atoms with Crippen molar-refractivity contribution < 1.29 is 24.9 Å². The maximum atomic E-state index is 11.0. The minimum absolute atomic E-state index is 0.0527. The van der Waals surface area contributed by atoms with Gasteiger partial charge in [-0.05, 0) is 0 Å². The average Bonchev–Trinajstić information content (AvgIpc) is 3.12. The zero-order valence-electron chi connectivity index (χ0n) is 12.9. The molecule has 0 amide bonds. The molecule has 0 bridgehead atoms. The summed E-state index contributed by atoms with van der Waals surface area (Å²) in [5, 5.41) is 32.6. The van der Waals surface area contributed by atoms with E-state index in [4.69, 9.17) is 15.6 Å². The molecule has 12 heteroatoms. The fourth-order valence-corrected chi connectivity index (χ4v) is 3.21. The van der Waals surface area contributed by atoms with E-state index in [0.29, 0.717) is 11.2 Å². The molecule has 1 aliphatic rings. The van der Waals surface area contributed by atoms with Crippen molar-refractivity contribution in [1.82, 2.24) is 24.8 Å². The van der Waals surface area contributed by atoms with Gasteiger partial charge in [-0.3, -0.25) is 0 Å². The number of hydrogen-bond acceptors (Lipinski definition) is 9. The summed E-state index contributed by atoms with van der Waals surface area (Å²) in [5.74, 6) is -0.824. The summed E-state index contributed by atoms with van der Waals surface area (Å²) >= 11 is 2.64. The van der Waals surface area contributed by atoms with Crippen LogP contribution in [0.4, 0.5) is 5.82 Å². The Morgan fingerprint density at radius 1 is 1.40 bits per heavy atom. The van der Waals surface area contributed by atoms with Gasteiger partial charge in [0.05, 0.1) is 0 Å². The number of nitrogens with zero attached hydrogens (tertiary/aromatic N) is 4. The predicted molar refractivity (Wildman–Crippen MR) is 85.6 cm³/mol. The van der Waals surface area contributed by atoms with Crippen LogP contribution in [0.15, 0.2) is 12.7 Å². The predicted octanol–water partition coefficient (Wildman–Crippen LogP) is -2.34. The number of anilines is 1. The fourth-order valence-electron chi connectivity index (χ4n) is 2.66. The number of aliphatic carboxylic acids is 1. The van der Waals surface area contributed by atoms with Crippen molar-refractivity contribution in [2.24, 2.45) is 0 Å². The Morgan fingerprint density at radius 3 is 2.84 bits per heavy atom. The van der Waals surface area contributed by atoms with E-state index in [2.05, 4.69) is 36.3 Å². The van der Waals surface area contributed by atoms with Gasteiger partial charge in [0.25, 0.3) is 0 Å². The molecule has 1 fully saturated rings. The van der Waals surface area contributed by atoms with E-state index in [-0.39, 0.29) is 17.7 Å². The number of rotatable bonds is 6. The molecule has 3 rings (SSSR count). The van der Waals surface area contributed by atoms with Gasteiger partial charge in [0.2, 0.25) is 0 Å². The molecule has 3 heterocycles. The number of carbonyl (C=O) groups is 1. The van der Waals surface area contributed by atoms with Gasteiger partial charge in [0.15, 0.2) is 0 Å². The fraction of sp³-hybridized carbons (Fsp3) is 0.538. The molecule has 1 saturated heterocycles. The molecule has 0 aromatic carbocycles. The second-order valence-electron chi connectivity index (χ2n) is 5.59. The number of ether oxygens (including phenoxy) is 1. The molecule has 25 heavy (non-hydrogen) atoms. The van der Waals surface area contributed by atoms with Crippen LogP contribution in [0.25, 0.3) is 11.2 Å². The first kappa shape index (κ1) is 18.0. The van der Waals surface area contributed by atoms with E-state index in [9.17, 15) is 15.0 Å². The molecule has 0 saturated carbocycles. The Labute approximate surface area is 150 Å². The van der Waals surface area contributed by atoms with Crippen LogP contribution in [0.5, 0.6) is 0 Å². The second kappa shape index (κ2) is 7.20. The number of imidazole rings is 1. The number of aromatic nitrogens is 4. The van der Waals surface area contributed by atoms with Crippen molar-refractivity contribution in [1.29, 1.82) is 0 Å². The third-order valence-corrected chi connectivity index (χ3v) is 4.73. The number of nitrogens with two attached hydrogens (primary N) is 1. The zero-order chi connectivity index (χ0) is 18.1. The SMILES string of the molecule is Nc1ncnc2c1ncn2[C@@H]1O[C@H](CN[C@@H](C[Se])C(=O)O)[C@@H](O)[C@H]1O. The van der Waals surface area contributed by atoms with Crippen LogP contribution in [0.2, 0.25) is 5.32 Å². The van der Waals surface area contributed by atoms with E-state index >= 15 is 0 Å². The minimum atomic E-state index is -1.24. The second-order valence-corrected chi connectivity index (χ2v) is 6.29. The van der Waals surface area contributed by atoms with Gasteiger partial charge >= 0.3 is 149 Å². The zero-order valence-corrected chi connectivity index (χ0v) is 14.6. The summed E-state index contributed by atoms with van der Waals surface area (Å²) in [6.07, 6.45) is -1.52. The summed E-state index contributed by atoms with van der Waals surface area (Å²) < 4.78 is 7.17. The topological polar surface area (TPSA) is 169 Å². The molecular weight excluding hydrogens is 399 g/mol. The van der Waals surface area contributed by atoms with Crippen LogP contribution in [0, 0.1) is 0 Å². The van der Waals surface area contributed by atoms with Gasteiger partial charge < -0.3 is 0 Å². The van der Waals surface area contributed by atoms with Gasteiger partial charge in [-0.1, -0.05) is 0 Å². The number of nitrogens with one attached hydrogen (secondary N) is 1. The number of carboxylic acid groups (broad SMARTS) is 1. The summed E-state index contributed by atoms with van der Waals surface area (Å²) in [5.41, 5.74) is 6.46. The number of aliphatic hydroxyl groups is 2. The first-order valence-electron chi connectivity index (χ1n) is 7.43. The normalized spacial score (nSPS) is 27.6. The molecule has 2 aromatic heterocycles. The van der Waals surface area contributed by atoms with Crippen molar-refractivity contribution in [2.75, 3.05) is 12.3 Å². The van der Waals surface area contributed by atoms with E-state index in [1.165, 1.54) is 17.2 Å². The Balaban J connectivity index is 1.77. The Hall–Kier alpha value is -1.82. The van der Waals surface area contributed by atoms with E-state index < -0.39 is 36.6 Å². The van der Waals surface area contributed by atoms with Crippen LogP contribution in [0.1, 0.15) is 6.23 Å². The van der Waals surface area contributed by atoms with Crippen molar-refractivity contribution >= 4 is 39.0 Å². The van der Waals surface area contributed by atoms with Gasteiger partial charge in [0.1, 0.15) is 0 Å². The maximum absolute atomic E-state index is 11.0. The molecule has 0 aliphatic carbocycles. The van der Waals surface area contributed by atoms with E-state index in [0.717, 1.165) is 0 Å². The first-order valence-corrected chi connectivity index (χ1v) is 8.64. The molecule has 1 aliphatic heterocycles. The number of aliphatic hydroxyl groups excluding tert-OH is 2. The standard InChI is InChI=1S/C13H17N6O5Se/c14-10-7-11(17-3-16-10)19(4-18-7)12-9(21)8(20)6(24-12)1-15-5(2-25)13(22)23/h3-6,8-9,12,15,20-21H,1-2H2,(H,22,23)(H2,14,16,17)/t5-,6+,8+,9+,12+/m0/s1. The molecule has 2 aromatic rings. The Bertz CT molecular complexity index is 772. The molecule has 135 valence electrons. The molecule has 6 N–H and O–H groups in total. The van der Waals surface area contributed by atoms with Crippen molar-refractivity contribution in [3.63, 3.8) is 0 Å². The number of carboxylic acids is 1. The Morgan fingerprint density at radius 2 is 2.16 bits per heavy atom. The summed E-state index contributed by atoms with van der Waals surface area (Å²) in [6.45, 7) is 0.0527. The van der Waals surface area contributed by atoms with Gasteiger partial charge in [-0.25, -0.2) is 0 Å². The van der Waals surface area contributed by atoms with Crippen molar-refractivity contribution in [3.8, 4) is 0 Å². The van der Waals surface area contributed by atoms with Gasteiger partial charge in [-0.15, -0.1) is 0 Å². The Kier molecular flexibility index (Phi) is 5.18. The van der Waals surface area contributed by atoms with Crippen molar-refractivity contribution in [2.45, 2.75) is 35.9 Å². The molecule has 0 unspecified atom stereocenters. The van der Waals surface area contributed by atoms with E-state index in [1.807, 2.05) is 0 Å². The quantitative estimate of drug-likeness (QED) is 0.322. The van der Waals surface area contributed by atoms with Crippen LogP contribution < -0.4 is 11.1 Å². The van der Waals surface area contributed by atoms with Crippen molar-refractivity contribution in [3.05, 3.63) is 12.7 Å². The molecule has 1 radical (unpaired) electrons. The van der Waals surface area contributed by atoms with Gasteiger partial charge in [-0.2, -0.15) is 0 Å². The number of fused-ring (bicyclic) bond motifs is 1. The summed E-state index contributed by atoms with van der Waals surface area (Å²) in [6, 6.07) is -0.811. The third-order valence-electron chi connectivity index (χ3n) is 4.03. The van der Waals surface area contributed by atoms with Crippen LogP contribution in [-0.2, 0) is 9.53 Å². The molecule has 5 atom stereocenters. The average molecular weight is 416 g/mol. The van der Waals surface area contributed by atoms with Crippen LogP contribution in [-0.4, -0.2) is 87.7 Å².